The van der Waals surface area contributed by atoms with E-state index in [0.717, 1.165) is 17.3 Å². The zero-order valence-electron chi connectivity index (χ0n) is 8.82. The molecule has 0 aromatic carbocycles. The number of hydrogen-bond donors (Lipinski definition) is 1. The number of carbonyl (C=O) groups is 1. The van der Waals surface area contributed by atoms with E-state index in [4.69, 9.17) is 10.5 Å². The molecule has 3 nitrogen and oxygen atoms in total. The quantitative estimate of drug-likeness (QED) is 0.510. The predicted molar refractivity (Wildman–Crippen MR) is 64.9 cm³/mol. The van der Waals surface area contributed by atoms with Crippen molar-refractivity contribution in [2.75, 3.05) is 30.1 Å². The first-order chi connectivity index (χ1) is 6.72. The minimum atomic E-state index is -0.447. The zero-order chi connectivity index (χ0) is 10.8. The first-order valence-electron chi connectivity index (χ1n) is 4.71. The van der Waals surface area contributed by atoms with E-state index in [9.17, 15) is 4.79 Å². The van der Waals surface area contributed by atoms with E-state index >= 15 is 0 Å². The molecular formula is C9H19NO2S2. The second kappa shape index (κ2) is 9.68. The molecule has 0 saturated heterocycles. The number of thioether (sulfide) groups is 2. The summed E-state index contributed by atoms with van der Waals surface area (Å²) in [7, 11) is 0. The summed E-state index contributed by atoms with van der Waals surface area (Å²) in [5.41, 5.74) is 5.62. The molecule has 0 fully saturated rings. The molecule has 0 saturated carbocycles. The van der Waals surface area contributed by atoms with Gasteiger partial charge in [-0.3, -0.25) is 4.79 Å². The van der Waals surface area contributed by atoms with Gasteiger partial charge in [0.1, 0.15) is 6.04 Å². The van der Waals surface area contributed by atoms with E-state index in [1.807, 2.05) is 23.5 Å². The van der Waals surface area contributed by atoms with E-state index in [-0.39, 0.29) is 5.97 Å². The SMILES string of the molecule is CCOC(=O)C(N)CCSCCSC. The van der Waals surface area contributed by atoms with Crippen molar-refractivity contribution >= 4 is 29.5 Å². The molecule has 0 aliphatic heterocycles. The normalized spacial score (nSPS) is 12.5. The second-order valence-electron chi connectivity index (χ2n) is 2.75. The highest BCUT2D eigenvalue weighted by atomic mass is 32.2. The maximum atomic E-state index is 11.1. The molecule has 0 amide bonds. The van der Waals surface area contributed by atoms with Crippen LogP contribution in [0.5, 0.6) is 0 Å². The summed E-state index contributed by atoms with van der Waals surface area (Å²) in [5.74, 6) is 2.93. The molecule has 0 rings (SSSR count). The van der Waals surface area contributed by atoms with Gasteiger partial charge in [-0.25, -0.2) is 0 Å². The van der Waals surface area contributed by atoms with E-state index in [1.54, 1.807) is 6.92 Å². The Labute approximate surface area is 94.5 Å². The molecule has 1 unspecified atom stereocenters. The van der Waals surface area contributed by atoms with Crippen molar-refractivity contribution < 1.29 is 9.53 Å². The lowest BCUT2D eigenvalue weighted by atomic mass is 10.2. The maximum Gasteiger partial charge on any atom is 0.322 e. The average Bonchev–Trinajstić information content (AvgIpc) is 2.17. The van der Waals surface area contributed by atoms with Crippen LogP contribution in [0.3, 0.4) is 0 Å². The summed E-state index contributed by atoms with van der Waals surface area (Å²) < 4.78 is 4.80. The molecule has 0 aliphatic carbocycles. The summed E-state index contributed by atoms with van der Waals surface area (Å²) in [5, 5.41) is 0. The molecule has 0 bridgehead atoms. The smallest absolute Gasteiger partial charge is 0.322 e. The monoisotopic (exact) mass is 237 g/mol. The van der Waals surface area contributed by atoms with Crippen LogP contribution >= 0.6 is 23.5 Å². The fourth-order valence-electron chi connectivity index (χ4n) is 0.822. The van der Waals surface area contributed by atoms with Crippen molar-refractivity contribution in [3.8, 4) is 0 Å². The third kappa shape index (κ3) is 7.53. The van der Waals surface area contributed by atoms with Crippen LogP contribution in [-0.2, 0) is 9.53 Å². The summed E-state index contributed by atoms with van der Waals surface area (Å²) >= 11 is 3.66. The first kappa shape index (κ1) is 14.1. The van der Waals surface area contributed by atoms with Crippen molar-refractivity contribution in [2.24, 2.45) is 5.73 Å². The van der Waals surface area contributed by atoms with Crippen LogP contribution in [0.25, 0.3) is 0 Å². The third-order valence-corrected chi connectivity index (χ3v) is 3.48. The molecule has 5 heteroatoms. The molecule has 14 heavy (non-hydrogen) atoms. The van der Waals surface area contributed by atoms with Crippen molar-refractivity contribution in [1.29, 1.82) is 0 Å². The van der Waals surface area contributed by atoms with Crippen LogP contribution in [0.15, 0.2) is 0 Å². The Bertz CT molecular complexity index is 156. The molecule has 0 heterocycles. The standard InChI is InChI=1S/C9H19NO2S2/c1-3-12-9(11)8(10)4-5-14-7-6-13-2/h8H,3-7,10H2,1-2H3. The van der Waals surface area contributed by atoms with Crippen molar-refractivity contribution in [3.63, 3.8) is 0 Å². The summed E-state index contributed by atoms with van der Waals surface area (Å²) in [6.07, 6.45) is 2.79. The van der Waals surface area contributed by atoms with Crippen LogP contribution in [-0.4, -0.2) is 42.1 Å². The van der Waals surface area contributed by atoms with Crippen LogP contribution in [0.4, 0.5) is 0 Å². The largest absolute Gasteiger partial charge is 0.465 e. The van der Waals surface area contributed by atoms with Crippen LogP contribution < -0.4 is 5.73 Å². The van der Waals surface area contributed by atoms with Gasteiger partial charge >= 0.3 is 5.97 Å². The Morgan fingerprint density at radius 3 is 2.71 bits per heavy atom. The molecule has 1 atom stereocenters. The molecule has 2 N–H and O–H groups in total. The molecule has 0 radical (unpaired) electrons. The Morgan fingerprint density at radius 2 is 2.14 bits per heavy atom. The van der Waals surface area contributed by atoms with Gasteiger partial charge in [-0.05, 0) is 25.4 Å². The van der Waals surface area contributed by atoms with Gasteiger partial charge in [-0.2, -0.15) is 23.5 Å². The molecule has 0 spiro atoms. The summed E-state index contributed by atoms with van der Waals surface area (Å²) in [6.45, 7) is 2.20. The molecule has 0 aromatic heterocycles. The fraction of sp³-hybridized carbons (Fsp3) is 0.889. The summed E-state index contributed by atoms with van der Waals surface area (Å²) in [4.78, 5) is 11.1. The van der Waals surface area contributed by atoms with Gasteiger partial charge in [0.05, 0.1) is 6.61 Å². The van der Waals surface area contributed by atoms with Gasteiger partial charge in [0.2, 0.25) is 0 Å². The van der Waals surface area contributed by atoms with Crippen LogP contribution in [0, 0.1) is 0 Å². The van der Waals surface area contributed by atoms with Gasteiger partial charge in [-0.1, -0.05) is 0 Å². The minimum absolute atomic E-state index is 0.280. The topological polar surface area (TPSA) is 52.3 Å². The van der Waals surface area contributed by atoms with Gasteiger partial charge in [0.25, 0.3) is 0 Å². The number of carbonyl (C=O) groups excluding carboxylic acids is 1. The number of rotatable bonds is 8. The summed E-state index contributed by atoms with van der Waals surface area (Å²) in [6, 6.07) is -0.447. The molecule has 0 aliphatic rings. The average molecular weight is 237 g/mol. The minimum Gasteiger partial charge on any atom is -0.465 e. The Balaban J connectivity index is 3.34. The van der Waals surface area contributed by atoms with Gasteiger partial charge < -0.3 is 10.5 Å². The fourth-order valence-corrected chi connectivity index (χ4v) is 2.58. The maximum absolute atomic E-state index is 11.1. The van der Waals surface area contributed by atoms with Crippen molar-refractivity contribution in [1.82, 2.24) is 0 Å². The van der Waals surface area contributed by atoms with E-state index < -0.39 is 6.04 Å². The lowest BCUT2D eigenvalue weighted by molar-refractivity contribution is -0.144. The number of hydrogen-bond acceptors (Lipinski definition) is 5. The Morgan fingerprint density at radius 1 is 1.43 bits per heavy atom. The lowest BCUT2D eigenvalue weighted by Crippen LogP contribution is -2.32. The van der Waals surface area contributed by atoms with E-state index in [1.165, 1.54) is 0 Å². The van der Waals surface area contributed by atoms with Gasteiger partial charge in [0, 0.05) is 11.5 Å². The van der Waals surface area contributed by atoms with Gasteiger partial charge in [0.15, 0.2) is 0 Å². The predicted octanol–water partition coefficient (Wildman–Crippen LogP) is 1.36. The molecule has 84 valence electrons. The van der Waals surface area contributed by atoms with E-state index in [0.29, 0.717) is 13.0 Å². The number of ether oxygens (including phenoxy) is 1. The van der Waals surface area contributed by atoms with Crippen molar-refractivity contribution in [2.45, 2.75) is 19.4 Å². The Kier molecular flexibility index (Phi) is 9.77. The third-order valence-electron chi connectivity index (χ3n) is 1.59. The molecular weight excluding hydrogens is 218 g/mol. The van der Waals surface area contributed by atoms with Crippen LogP contribution in [0.2, 0.25) is 0 Å². The van der Waals surface area contributed by atoms with E-state index in [2.05, 4.69) is 6.26 Å². The highest BCUT2D eigenvalue weighted by molar-refractivity contribution is 8.02. The van der Waals surface area contributed by atoms with Crippen LogP contribution in [0.1, 0.15) is 13.3 Å². The highest BCUT2D eigenvalue weighted by Crippen LogP contribution is 2.07. The zero-order valence-corrected chi connectivity index (χ0v) is 10.5. The lowest BCUT2D eigenvalue weighted by Gasteiger charge is -2.09. The first-order valence-corrected chi connectivity index (χ1v) is 7.26. The second-order valence-corrected chi connectivity index (χ2v) is 4.96. The molecule has 0 aromatic rings. The van der Waals surface area contributed by atoms with Gasteiger partial charge in [-0.15, -0.1) is 0 Å². The highest BCUT2D eigenvalue weighted by Gasteiger charge is 2.13. The number of esters is 1. The number of nitrogens with two attached hydrogens (primary N) is 1. The Hall–Kier alpha value is 0.130. The van der Waals surface area contributed by atoms with Crippen molar-refractivity contribution in [3.05, 3.63) is 0 Å².